The van der Waals surface area contributed by atoms with Crippen molar-refractivity contribution in [1.82, 2.24) is 0 Å². The number of nitro benzene ring substituents is 1. The Morgan fingerprint density at radius 2 is 2.18 bits per heavy atom. The Morgan fingerprint density at radius 3 is 2.65 bits per heavy atom. The molecule has 0 saturated carbocycles. The molecular formula is C11H17N3O3. The molecule has 0 atom stereocenters. The number of anilines is 2. The van der Waals surface area contributed by atoms with E-state index in [1.165, 1.54) is 6.07 Å². The van der Waals surface area contributed by atoms with Crippen molar-refractivity contribution in [1.29, 1.82) is 0 Å². The minimum Gasteiger partial charge on any atom is -0.393 e. The van der Waals surface area contributed by atoms with Gasteiger partial charge in [-0.25, -0.2) is 0 Å². The van der Waals surface area contributed by atoms with Crippen LogP contribution in [0.4, 0.5) is 17.1 Å². The minimum absolute atomic E-state index is 0.0819. The number of ether oxygens (including phenoxy) is 1. The van der Waals surface area contributed by atoms with E-state index in [9.17, 15) is 10.1 Å². The van der Waals surface area contributed by atoms with Gasteiger partial charge < -0.3 is 15.8 Å². The lowest BCUT2D eigenvalue weighted by molar-refractivity contribution is -0.383. The van der Waals surface area contributed by atoms with Crippen LogP contribution in [0.5, 0.6) is 0 Å². The smallest absolute Gasteiger partial charge is 0.292 e. The molecule has 3 N–H and O–H groups in total. The van der Waals surface area contributed by atoms with Crippen LogP contribution >= 0.6 is 0 Å². The molecule has 6 heteroatoms. The van der Waals surface area contributed by atoms with Crippen LogP contribution in [0.3, 0.4) is 0 Å². The maximum absolute atomic E-state index is 10.6. The van der Waals surface area contributed by atoms with E-state index in [4.69, 9.17) is 10.5 Å². The molecule has 94 valence electrons. The van der Waals surface area contributed by atoms with Crippen LogP contribution < -0.4 is 11.1 Å². The molecule has 0 fully saturated rings. The monoisotopic (exact) mass is 239 g/mol. The van der Waals surface area contributed by atoms with Crippen LogP contribution in [0.2, 0.25) is 0 Å². The first-order valence-electron chi connectivity index (χ1n) is 5.18. The molecule has 1 aromatic rings. The first kappa shape index (κ1) is 13.2. The molecule has 6 nitrogen and oxygen atoms in total. The molecule has 17 heavy (non-hydrogen) atoms. The van der Waals surface area contributed by atoms with Crippen molar-refractivity contribution < 1.29 is 9.66 Å². The predicted octanol–water partition coefficient (Wildman–Crippen LogP) is 2.01. The van der Waals surface area contributed by atoms with Crippen molar-refractivity contribution in [3.8, 4) is 0 Å². The van der Waals surface area contributed by atoms with Crippen LogP contribution in [0.1, 0.15) is 13.8 Å². The first-order chi connectivity index (χ1) is 7.85. The number of hydrogen-bond acceptors (Lipinski definition) is 5. The fraction of sp³-hybridized carbons (Fsp3) is 0.455. The van der Waals surface area contributed by atoms with E-state index in [-0.39, 0.29) is 17.0 Å². The summed E-state index contributed by atoms with van der Waals surface area (Å²) >= 11 is 0. The molecule has 0 aliphatic carbocycles. The molecule has 0 aliphatic heterocycles. The summed E-state index contributed by atoms with van der Waals surface area (Å²) in [5, 5.41) is 13.7. The largest absolute Gasteiger partial charge is 0.393 e. The van der Waals surface area contributed by atoms with Gasteiger partial charge in [0.2, 0.25) is 0 Å². The van der Waals surface area contributed by atoms with Crippen LogP contribution in [-0.2, 0) is 4.74 Å². The van der Waals surface area contributed by atoms with E-state index in [0.29, 0.717) is 6.54 Å². The van der Waals surface area contributed by atoms with Gasteiger partial charge in [0.15, 0.2) is 0 Å². The van der Waals surface area contributed by atoms with Crippen molar-refractivity contribution in [3.05, 3.63) is 28.3 Å². The van der Waals surface area contributed by atoms with Crippen LogP contribution in [0, 0.1) is 10.1 Å². The van der Waals surface area contributed by atoms with E-state index in [0.717, 1.165) is 5.69 Å². The van der Waals surface area contributed by atoms with Gasteiger partial charge in [0.25, 0.3) is 5.69 Å². The van der Waals surface area contributed by atoms with Crippen LogP contribution in [0.25, 0.3) is 0 Å². The Balaban J connectivity index is 2.75. The highest BCUT2D eigenvalue weighted by molar-refractivity contribution is 5.65. The normalized spacial score (nSPS) is 11.2. The number of nitrogen functional groups attached to an aromatic ring is 1. The zero-order valence-electron chi connectivity index (χ0n) is 10.2. The van der Waals surface area contributed by atoms with Gasteiger partial charge in [0.05, 0.1) is 10.5 Å². The Kier molecular flexibility index (Phi) is 3.90. The third-order valence-corrected chi connectivity index (χ3v) is 2.50. The minimum atomic E-state index is -0.502. The highest BCUT2D eigenvalue weighted by Gasteiger charge is 2.16. The number of methoxy groups -OCH3 is 1. The van der Waals surface area contributed by atoms with Crippen molar-refractivity contribution in [3.63, 3.8) is 0 Å². The number of nitrogens with two attached hydrogens (primary N) is 1. The highest BCUT2D eigenvalue weighted by atomic mass is 16.6. The van der Waals surface area contributed by atoms with Crippen LogP contribution in [-0.4, -0.2) is 24.2 Å². The zero-order valence-corrected chi connectivity index (χ0v) is 10.2. The van der Waals surface area contributed by atoms with Crippen LogP contribution in [0.15, 0.2) is 18.2 Å². The Bertz CT molecular complexity index is 418. The topological polar surface area (TPSA) is 90.4 Å². The summed E-state index contributed by atoms with van der Waals surface area (Å²) in [7, 11) is 1.63. The third-order valence-electron chi connectivity index (χ3n) is 2.50. The van der Waals surface area contributed by atoms with Gasteiger partial charge in [0, 0.05) is 25.4 Å². The fourth-order valence-electron chi connectivity index (χ4n) is 1.22. The summed E-state index contributed by atoms with van der Waals surface area (Å²) in [5.41, 5.74) is 6.07. The summed E-state index contributed by atoms with van der Waals surface area (Å²) in [4.78, 5) is 10.1. The fourth-order valence-corrected chi connectivity index (χ4v) is 1.22. The molecule has 0 aliphatic rings. The van der Waals surface area contributed by atoms with Gasteiger partial charge in [-0.1, -0.05) is 0 Å². The van der Waals surface area contributed by atoms with E-state index < -0.39 is 4.92 Å². The zero-order chi connectivity index (χ0) is 13.1. The maximum atomic E-state index is 10.6. The van der Waals surface area contributed by atoms with Gasteiger partial charge in [-0.15, -0.1) is 0 Å². The molecule has 1 aromatic carbocycles. The summed E-state index contributed by atoms with van der Waals surface area (Å²) in [5.74, 6) is 0. The average molecular weight is 239 g/mol. The number of nitrogens with zero attached hydrogens (tertiary/aromatic N) is 1. The number of nitrogens with one attached hydrogen (secondary N) is 1. The quantitative estimate of drug-likeness (QED) is 0.466. The Labute approximate surface area is 99.9 Å². The molecule has 0 radical (unpaired) electrons. The lowest BCUT2D eigenvalue weighted by atomic mass is 10.1. The lowest BCUT2D eigenvalue weighted by Crippen LogP contribution is -2.32. The molecule has 0 spiro atoms. The second-order valence-electron chi connectivity index (χ2n) is 4.35. The molecule has 0 bridgehead atoms. The summed E-state index contributed by atoms with van der Waals surface area (Å²) < 4.78 is 5.25. The number of rotatable bonds is 5. The first-order valence-corrected chi connectivity index (χ1v) is 5.18. The average Bonchev–Trinajstić information content (AvgIpc) is 2.26. The van der Waals surface area contributed by atoms with Crippen molar-refractivity contribution in [2.45, 2.75) is 19.4 Å². The third kappa shape index (κ3) is 3.60. The van der Waals surface area contributed by atoms with E-state index in [2.05, 4.69) is 5.32 Å². The maximum Gasteiger partial charge on any atom is 0.292 e. The highest BCUT2D eigenvalue weighted by Crippen LogP contribution is 2.25. The van der Waals surface area contributed by atoms with Gasteiger partial charge in [-0.05, 0) is 26.0 Å². The van der Waals surface area contributed by atoms with Crippen molar-refractivity contribution in [2.75, 3.05) is 24.7 Å². The second-order valence-corrected chi connectivity index (χ2v) is 4.35. The summed E-state index contributed by atoms with van der Waals surface area (Å²) in [6.07, 6.45) is 0. The molecule has 0 heterocycles. The standard InChI is InChI=1S/C11H17N3O3/c1-11(2,17-3)7-13-8-4-5-10(14(15)16)9(12)6-8/h4-6,13H,7,12H2,1-3H3. The molecule has 0 unspecified atom stereocenters. The van der Waals surface area contributed by atoms with Gasteiger partial charge in [0.1, 0.15) is 5.69 Å². The number of nitro groups is 1. The molecule has 0 saturated heterocycles. The molecule has 1 rings (SSSR count). The SMILES string of the molecule is COC(C)(C)CNc1ccc([N+](=O)[O-])c(N)c1. The Morgan fingerprint density at radius 1 is 1.53 bits per heavy atom. The number of hydrogen-bond donors (Lipinski definition) is 2. The van der Waals surface area contributed by atoms with E-state index >= 15 is 0 Å². The number of benzene rings is 1. The van der Waals surface area contributed by atoms with Gasteiger partial charge in [-0.3, -0.25) is 10.1 Å². The van der Waals surface area contributed by atoms with E-state index in [1.807, 2.05) is 13.8 Å². The second kappa shape index (κ2) is 5.01. The molecule has 0 aromatic heterocycles. The molecule has 0 amide bonds. The van der Waals surface area contributed by atoms with E-state index in [1.54, 1.807) is 19.2 Å². The van der Waals surface area contributed by atoms with Crippen molar-refractivity contribution in [2.24, 2.45) is 0 Å². The summed E-state index contributed by atoms with van der Waals surface area (Å²) in [6.45, 7) is 4.46. The van der Waals surface area contributed by atoms with Gasteiger partial charge >= 0.3 is 0 Å². The van der Waals surface area contributed by atoms with Crippen molar-refractivity contribution >= 4 is 17.1 Å². The van der Waals surface area contributed by atoms with Gasteiger partial charge in [-0.2, -0.15) is 0 Å². The molecular weight excluding hydrogens is 222 g/mol. The summed E-state index contributed by atoms with van der Waals surface area (Å²) in [6, 6.07) is 4.56. The lowest BCUT2D eigenvalue weighted by Gasteiger charge is -2.23. The Hall–Kier alpha value is -1.82. The predicted molar refractivity (Wildman–Crippen MR) is 67.1 cm³/mol.